The molecule has 8 heteroatoms. The summed E-state index contributed by atoms with van der Waals surface area (Å²) in [7, 11) is 0. The highest BCUT2D eigenvalue weighted by atomic mass is 16.6. The van der Waals surface area contributed by atoms with Gasteiger partial charge in [0.1, 0.15) is 13.2 Å². The number of hydrogen-bond donors (Lipinski definition) is 1. The van der Waals surface area contributed by atoms with Gasteiger partial charge in [0.05, 0.1) is 6.04 Å². The highest BCUT2D eigenvalue weighted by Crippen LogP contribution is 2.34. The summed E-state index contributed by atoms with van der Waals surface area (Å²) >= 11 is 0. The van der Waals surface area contributed by atoms with E-state index in [0.717, 1.165) is 5.56 Å². The van der Waals surface area contributed by atoms with Crippen molar-refractivity contribution in [3.63, 3.8) is 0 Å². The number of amides is 3. The van der Waals surface area contributed by atoms with Crippen LogP contribution in [0, 0.1) is 5.92 Å². The average molecular weight is 418 g/mol. The maximum Gasteiger partial charge on any atom is 0.223 e. The number of rotatable bonds is 6. The standard InChI is InChI=1S/C22H31N3O5/c1-15(2)22(17-4-5-18-19(14-17)30-13-12-29-18)23-20(27)6-7-21(28)25-10-8-24(9-11-25)16(3)26/h4-5,14-15,22H,6-13H2,1-3H3,(H,23,27)/t22-/m0/s1. The Labute approximate surface area is 177 Å². The number of nitrogens with zero attached hydrogens (tertiary/aromatic N) is 2. The SMILES string of the molecule is CC(=O)N1CCN(C(=O)CCC(=O)N[C@H](c2ccc3c(c2)OCCO3)C(C)C)CC1. The number of benzene rings is 1. The fraction of sp³-hybridized carbons (Fsp3) is 0.591. The predicted molar refractivity (Wildman–Crippen MR) is 111 cm³/mol. The van der Waals surface area contributed by atoms with Crippen LogP contribution in [-0.4, -0.2) is 66.9 Å². The third-order valence-electron chi connectivity index (χ3n) is 5.55. The first-order valence-corrected chi connectivity index (χ1v) is 10.6. The van der Waals surface area contributed by atoms with Crippen molar-refractivity contribution in [2.45, 2.75) is 39.7 Å². The second kappa shape index (κ2) is 9.82. The van der Waals surface area contributed by atoms with Gasteiger partial charge in [0.2, 0.25) is 17.7 Å². The third-order valence-corrected chi connectivity index (χ3v) is 5.55. The molecule has 2 aliphatic heterocycles. The van der Waals surface area contributed by atoms with E-state index < -0.39 is 0 Å². The molecule has 1 fully saturated rings. The van der Waals surface area contributed by atoms with Gasteiger partial charge in [-0.15, -0.1) is 0 Å². The molecule has 164 valence electrons. The number of carbonyl (C=O) groups excluding carboxylic acids is 3. The molecule has 0 bridgehead atoms. The van der Waals surface area contributed by atoms with Crippen LogP contribution in [0.3, 0.4) is 0 Å². The molecule has 8 nitrogen and oxygen atoms in total. The van der Waals surface area contributed by atoms with Crippen molar-refractivity contribution >= 4 is 17.7 Å². The summed E-state index contributed by atoms with van der Waals surface area (Å²) in [4.78, 5) is 39.9. The molecule has 3 amide bonds. The Morgan fingerprint density at radius 1 is 0.967 bits per heavy atom. The lowest BCUT2D eigenvalue weighted by Gasteiger charge is -2.34. The molecule has 1 saturated heterocycles. The van der Waals surface area contributed by atoms with E-state index in [-0.39, 0.29) is 42.5 Å². The fourth-order valence-corrected chi connectivity index (χ4v) is 3.78. The zero-order valence-electron chi connectivity index (χ0n) is 18.0. The predicted octanol–water partition coefficient (Wildman–Crippen LogP) is 1.74. The van der Waals surface area contributed by atoms with E-state index in [2.05, 4.69) is 5.32 Å². The average Bonchev–Trinajstić information content (AvgIpc) is 2.75. The molecular formula is C22H31N3O5. The van der Waals surface area contributed by atoms with Gasteiger partial charge in [-0.1, -0.05) is 19.9 Å². The number of fused-ring (bicyclic) bond motifs is 1. The molecule has 0 unspecified atom stereocenters. The van der Waals surface area contributed by atoms with Crippen LogP contribution in [0.5, 0.6) is 11.5 Å². The minimum atomic E-state index is -0.178. The first kappa shape index (κ1) is 21.9. The van der Waals surface area contributed by atoms with Crippen LogP contribution in [0.15, 0.2) is 18.2 Å². The zero-order chi connectivity index (χ0) is 21.7. The molecule has 0 aliphatic carbocycles. The Balaban J connectivity index is 1.52. The molecule has 3 rings (SSSR count). The second-order valence-corrected chi connectivity index (χ2v) is 8.08. The molecular weight excluding hydrogens is 386 g/mol. The van der Waals surface area contributed by atoms with E-state index in [4.69, 9.17) is 9.47 Å². The van der Waals surface area contributed by atoms with Crippen LogP contribution >= 0.6 is 0 Å². The van der Waals surface area contributed by atoms with Crippen LogP contribution in [-0.2, 0) is 14.4 Å². The van der Waals surface area contributed by atoms with Gasteiger partial charge < -0.3 is 24.6 Å². The number of hydrogen-bond acceptors (Lipinski definition) is 5. The summed E-state index contributed by atoms with van der Waals surface area (Å²) in [6.45, 7) is 8.81. The van der Waals surface area contributed by atoms with Gasteiger partial charge in [-0.3, -0.25) is 14.4 Å². The lowest BCUT2D eigenvalue weighted by molar-refractivity contribution is -0.139. The molecule has 0 saturated carbocycles. The van der Waals surface area contributed by atoms with E-state index >= 15 is 0 Å². The van der Waals surface area contributed by atoms with Crippen molar-refractivity contribution in [2.75, 3.05) is 39.4 Å². The lowest BCUT2D eigenvalue weighted by Crippen LogP contribution is -2.50. The highest BCUT2D eigenvalue weighted by Gasteiger charge is 2.24. The van der Waals surface area contributed by atoms with Crippen molar-refractivity contribution < 1.29 is 23.9 Å². The zero-order valence-corrected chi connectivity index (χ0v) is 18.0. The van der Waals surface area contributed by atoms with Gasteiger partial charge >= 0.3 is 0 Å². The monoisotopic (exact) mass is 417 g/mol. The van der Waals surface area contributed by atoms with Crippen molar-refractivity contribution in [3.05, 3.63) is 23.8 Å². The van der Waals surface area contributed by atoms with Crippen LogP contribution < -0.4 is 14.8 Å². The Kier molecular flexibility index (Phi) is 7.18. The Morgan fingerprint density at radius 3 is 2.23 bits per heavy atom. The number of ether oxygens (including phenoxy) is 2. The molecule has 0 spiro atoms. The van der Waals surface area contributed by atoms with E-state index in [0.29, 0.717) is 50.9 Å². The van der Waals surface area contributed by atoms with E-state index in [9.17, 15) is 14.4 Å². The van der Waals surface area contributed by atoms with Gasteiger partial charge in [0.15, 0.2) is 11.5 Å². The quantitative estimate of drug-likeness (QED) is 0.762. The molecule has 30 heavy (non-hydrogen) atoms. The minimum absolute atomic E-state index is 0.0281. The number of carbonyl (C=O) groups is 3. The van der Waals surface area contributed by atoms with Gasteiger partial charge in [-0.05, 0) is 23.6 Å². The van der Waals surface area contributed by atoms with E-state index in [1.54, 1.807) is 9.80 Å². The first-order chi connectivity index (χ1) is 14.3. The maximum atomic E-state index is 12.6. The van der Waals surface area contributed by atoms with Gasteiger partial charge in [-0.25, -0.2) is 0 Å². The van der Waals surface area contributed by atoms with Gasteiger partial charge in [0, 0.05) is 45.9 Å². The smallest absolute Gasteiger partial charge is 0.223 e. The van der Waals surface area contributed by atoms with Crippen LogP contribution in [0.1, 0.15) is 45.2 Å². The molecule has 0 aromatic heterocycles. The number of piperazine rings is 1. The Morgan fingerprint density at radius 2 is 1.60 bits per heavy atom. The van der Waals surface area contributed by atoms with Crippen LogP contribution in [0.4, 0.5) is 0 Å². The number of nitrogens with one attached hydrogen (secondary N) is 1. The molecule has 0 radical (unpaired) electrons. The topological polar surface area (TPSA) is 88.2 Å². The lowest BCUT2D eigenvalue weighted by atomic mass is 9.95. The van der Waals surface area contributed by atoms with E-state index in [1.165, 1.54) is 6.92 Å². The molecule has 2 aliphatic rings. The molecule has 1 N–H and O–H groups in total. The van der Waals surface area contributed by atoms with Gasteiger partial charge in [-0.2, -0.15) is 0 Å². The van der Waals surface area contributed by atoms with E-state index in [1.807, 2.05) is 32.0 Å². The van der Waals surface area contributed by atoms with Crippen molar-refractivity contribution in [1.82, 2.24) is 15.1 Å². The molecule has 1 aromatic rings. The van der Waals surface area contributed by atoms with Gasteiger partial charge in [0.25, 0.3) is 0 Å². The molecule has 2 heterocycles. The Hall–Kier alpha value is -2.77. The summed E-state index contributed by atoms with van der Waals surface area (Å²) in [5.41, 5.74) is 0.953. The summed E-state index contributed by atoms with van der Waals surface area (Å²) in [6.07, 6.45) is 0.303. The van der Waals surface area contributed by atoms with Crippen molar-refractivity contribution in [3.8, 4) is 11.5 Å². The Bertz CT molecular complexity index is 787. The first-order valence-electron chi connectivity index (χ1n) is 10.6. The van der Waals surface area contributed by atoms with Crippen LogP contribution in [0.25, 0.3) is 0 Å². The molecule has 1 atom stereocenters. The maximum absolute atomic E-state index is 12.6. The third kappa shape index (κ3) is 5.43. The highest BCUT2D eigenvalue weighted by molar-refractivity contribution is 5.84. The largest absolute Gasteiger partial charge is 0.486 e. The summed E-state index contributed by atoms with van der Waals surface area (Å²) < 4.78 is 11.2. The second-order valence-electron chi connectivity index (χ2n) is 8.08. The summed E-state index contributed by atoms with van der Waals surface area (Å²) in [5, 5.41) is 3.06. The summed E-state index contributed by atoms with van der Waals surface area (Å²) in [6, 6.07) is 5.55. The normalized spacial score (nSPS) is 16.9. The fourth-order valence-electron chi connectivity index (χ4n) is 3.78. The van der Waals surface area contributed by atoms with Crippen molar-refractivity contribution in [1.29, 1.82) is 0 Å². The van der Waals surface area contributed by atoms with Crippen LogP contribution in [0.2, 0.25) is 0 Å². The molecule has 1 aromatic carbocycles. The minimum Gasteiger partial charge on any atom is -0.486 e. The van der Waals surface area contributed by atoms with Crippen molar-refractivity contribution in [2.24, 2.45) is 5.92 Å². The summed E-state index contributed by atoms with van der Waals surface area (Å²) in [5.74, 6) is 1.41.